The number of carbonyl (C=O) groups excluding carboxylic acids is 2. The molecule has 1 heterocycles. The monoisotopic (exact) mass is 396 g/mol. The first kappa shape index (κ1) is 21.9. The molecule has 0 spiro atoms. The maximum atomic E-state index is 12.5. The minimum absolute atomic E-state index is 0.242. The number of aliphatic hydroxyl groups is 1. The highest BCUT2D eigenvalue weighted by molar-refractivity contribution is 6.41. The minimum atomic E-state index is -1.41. The Bertz CT molecular complexity index is 638. The SMILES string of the molecule is CCCCCC=CCC1(O)C(=CC=CCCCC(=O)OC)C(=O)C2(Cl)OC12. The molecular formula is C21H29ClO5. The Balaban J connectivity index is 1.95. The van der Waals surface area contributed by atoms with Crippen molar-refractivity contribution in [2.45, 2.75) is 75.1 Å². The molecule has 0 bridgehead atoms. The molecule has 1 aliphatic heterocycles. The Morgan fingerprint density at radius 1 is 1.26 bits per heavy atom. The third-order valence-electron chi connectivity index (χ3n) is 4.97. The van der Waals surface area contributed by atoms with Crippen LogP contribution in [0.2, 0.25) is 0 Å². The van der Waals surface area contributed by atoms with Gasteiger partial charge in [-0.3, -0.25) is 9.59 Å². The molecule has 1 aliphatic carbocycles. The number of hydrogen-bond donors (Lipinski definition) is 1. The molecule has 3 atom stereocenters. The van der Waals surface area contributed by atoms with Crippen LogP contribution >= 0.6 is 11.6 Å². The molecule has 0 aromatic heterocycles. The fourth-order valence-electron chi connectivity index (χ4n) is 3.29. The number of fused-ring (bicyclic) bond motifs is 1. The number of ether oxygens (including phenoxy) is 2. The summed E-state index contributed by atoms with van der Waals surface area (Å²) in [5, 5.41) is 9.65. The first-order valence-electron chi connectivity index (χ1n) is 9.63. The molecule has 1 saturated carbocycles. The summed E-state index contributed by atoms with van der Waals surface area (Å²) < 4.78 is 9.88. The fraction of sp³-hybridized carbons (Fsp3) is 0.619. The van der Waals surface area contributed by atoms with Crippen LogP contribution in [0.5, 0.6) is 0 Å². The van der Waals surface area contributed by atoms with Gasteiger partial charge in [0.15, 0.2) is 0 Å². The number of alkyl halides is 1. The first-order valence-corrected chi connectivity index (χ1v) is 10.0. The molecule has 6 heteroatoms. The van der Waals surface area contributed by atoms with Gasteiger partial charge in [-0.1, -0.05) is 61.7 Å². The van der Waals surface area contributed by atoms with Crippen molar-refractivity contribution in [1.82, 2.24) is 0 Å². The number of carbonyl (C=O) groups is 2. The van der Waals surface area contributed by atoms with E-state index in [1.807, 2.05) is 18.2 Å². The van der Waals surface area contributed by atoms with E-state index < -0.39 is 16.8 Å². The van der Waals surface area contributed by atoms with E-state index in [1.165, 1.54) is 13.5 Å². The van der Waals surface area contributed by atoms with E-state index >= 15 is 0 Å². The molecule has 5 nitrogen and oxygen atoms in total. The number of epoxide rings is 1. The number of hydrogen-bond acceptors (Lipinski definition) is 5. The Kier molecular flexibility index (Phi) is 7.83. The summed E-state index contributed by atoms with van der Waals surface area (Å²) in [6, 6.07) is 0. The highest BCUT2D eigenvalue weighted by Gasteiger charge is 2.77. The van der Waals surface area contributed by atoms with Crippen molar-refractivity contribution < 1.29 is 24.2 Å². The van der Waals surface area contributed by atoms with Crippen molar-refractivity contribution in [3.63, 3.8) is 0 Å². The average molecular weight is 397 g/mol. The van der Waals surface area contributed by atoms with E-state index in [4.69, 9.17) is 16.3 Å². The van der Waals surface area contributed by atoms with Gasteiger partial charge >= 0.3 is 5.97 Å². The number of methoxy groups -OCH3 is 1. The molecule has 2 rings (SSSR count). The predicted molar refractivity (Wildman–Crippen MR) is 104 cm³/mol. The molecule has 0 amide bonds. The maximum absolute atomic E-state index is 12.5. The van der Waals surface area contributed by atoms with Gasteiger partial charge in [-0.2, -0.15) is 0 Å². The Morgan fingerprint density at radius 3 is 2.70 bits per heavy atom. The lowest BCUT2D eigenvalue weighted by Gasteiger charge is -2.23. The molecule has 2 aliphatic rings. The first-order chi connectivity index (χ1) is 12.9. The van der Waals surface area contributed by atoms with Gasteiger partial charge in [-0.25, -0.2) is 0 Å². The zero-order valence-electron chi connectivity index (χ0n) is 16.1. The number of allylic oxidation sites excluding steroid dienone is 4. The van der Waals surface area contributed by atoms with Gasteiger partial charge in [0.05, 0.1) is 7.11 Å². The van der Waals surface area contributed by atoms with E-state index in [1.54, 1.807) is 12.2 Å². The molecule has 0 aromatic rings. The normalized spacial score (nSPS) is 31.2. The molecule has 3 unspecified atom stereocenters. The topological polar surface area (TPSA) is 76.1 Å². The largest absolute Gasteiger partial charge is 0.469 e. The van der Waals surface area contributed by atoms with E-state index in [0.717, 1.165) is 19.3 Å². The molecule has 1 N–H and O–H groups in total. The zero-order chi connectivity index (χ0) is 19.9. The van der Waals surface area contributed by atoms with Gasteiger partial charge < -0.3 is 14.6 Å². The standard InChI is InChI=1S/C21H29ClO5/c1-3-4-5-6-9-12-15-20(25)16(18(24)21(22)19(20)27-21)13-10-7-8-11-14-17(23)26-2/h7,9-10,12-13,19,25H,3-6,8,11,14-15H2,1-2H3. The second kappa shape index (κ2) is 9.67. The van der Waals surface area contributed by atoms with Crippen LogP contribution in [0.15, 0.2) is 36.0 Å². The van der Waals surface area contributed by atoms with Crippen LogP contribution in [0.25, 0.3) is 0 Å². The van der Waals surface area contributed by atoms with Crippen LogP contribution in [-0.4, -0.2) is 40.7 Å². The third-order valence-corrected chi connectivity index (χ3v) is 5.43. The molecule has 150 valence electrons. The zero-order valence-corrected chi connectivity index (χ0v) is 16.8. The van der Waals surface area contributed by atoms with Gasteiger partial charge in [0.1, 0.15) is 11.7 Å². The highest BCUT2D eigenvalue weighted by Crippen LogP contribution is 2.59. The highest BCUT2D eigenvalue weighted by atomic mass is 35.5. The maximum Gasteiger partial charge on any atom is 0.305 e. The van der Waals surface area contributed by atoms with Crippen LogP contribution in [0.4, 0.5) is 0 Å². The summed E-state index contributed by atoms with van der Waals surface area (Å²) >= 11 is 6.19. The predicted octanol–water partition coefficient (Wildman–Crippen LogP) is 3.99. The second-order valence-corrected chi connectivity index (χ2v) is 7.61. The van der Waals surface area contributed by atoms with E-state index in [2.05, 4.69) is 11.7 Å². The van der Waals surface area contributed by atoms with E-state index in [9.17, 15) is 14.7 Å². The molecule has 27 heavy (non-hydrogen) atoms. The number of rotatable bonds is 11. The van der Waals surface area contributed by atoms with Crippen LogP contribution in [0, 0.1) is 0 Å². The summed E-state index contributed by atoms with van der Waals surface area (Å²) in [7, 11) is 1.36. The van der Waals surface area contributed by atoms with E-state index in [-0.39, 0.29) is 17.3 Å². The number of unbranched alkanes of at least 4 members (excludes halogenated alkanes) is 4. The van der Waals surface area contributed by atoms with Crippen molar-refractivity contribution in [1.29, 1.82) is 0 Å². The summed E-state index contributed by atoms with van der Waals surface area (Å²) in [6.07, 6.45) is 14.8. The van der Waals surface area contributed by atoms with E-state index in [0.29, 0.717) is 25.7 Å². The van der Waals surface area contributed by atoms with Crippen molar-refractivity contribution >= 4 is 23.4 Å². The van der Waals surface area contributed by atoms with Gasteiger partial charge in [0, 0.05) is 18.4 Å². The fourth-order valence-corrected chi connectivity index (χ4v) is 3.66. The Labute approximate surface area is 166 Å². The second-order valence-electron chi connectivity index (χ2n) is 7.04. The number of ketones is 1. The Morgan fingerprint density at radius 2 is 2.00 bits per heavy atom. The lowest BCUT2D eigenvalue weighted by Crippen LogP contribution is -2.35. The number of halogens is 1. The summed E-state index contributed by atoms with van der Waals surface area (Å²) in [5.41, 5.74) is -1.10. The number of esters is 1. The van der Waals surface area contributed by atoms with Gasteiger partial charge in [0.25, 0.3) is 0 Å². The van der Waals surface area contributed by atoms with Gasteiger partial charge in [-0.05, 0) is 25.7 Å². The quantitative estimate of drug-likeness (QED) is 0.143. The number of Topliss-reactive ketones (excluding diaryl/α,β-unsaturated/α-hetero) is 1. The summed E-state index contributed by atoms with van der Waals surface area (Å²) in [4.78, 5) is 23.6. The van der Waals surface area contributed by atoms with Crippen LogP contribution in [0.1, 0.15) is 58.3 Å². The van der Waals surface area contributed by atoms with Crippen molar-refractivity contribution in [3.8, 4) is 0 Å². The lowest BCUT2D eigenvalue weighted by molar-refractivity contribution is -0.140. The molecule has 1 saturated heterocycles. The van der Waals surface area contributed by atoms with Crippen molar-refractivity contribution in [2.75, 3.05) is 7.11 Å². The molecule has 0 aromatic carbocycles. The minimum Gasteiger partial charge on any atom is -0.469 e. The summed E-state index contributed by atoms with van der Waals surface area (Å²) in [5.74, 6) is -0.607. The third kappa shape index (κ3) is 5.09. The van der Waals surface area contributed by atoms with Crippen LogP contribution in [0.3, 0.4) is 0 Å². The van der Waals surface area contributed by atoms with Gasteiger partial charge in [0.2, 0.25) is 10.8 Å². The van der Waals surface area contributed by atoms with Gasteiger partial charge in [-0.15, -0.1) is 0 Å². The van der Waals surface area contributed by atoms with Crippen LogP contribution in [-0.2, 0) is 19.1 Å². The van der Waals surface area contributed by atoms with Crippen LogP contribution < -0.4 is 0 Å². The molecule has 0 radical (unpaired) electrons. The molecule has 2 fully saturated rings. The molecular weight excluding hydrogens is 368 g/mol. The van der Waals surface area contributed by atoms with Crippen molar-refractivity contribution in [3.05, 3.63) is 36.0 Å². The Hall–Kier alpha value is -1.43. The van der Waals surface area contributed by atoms with Crippen molar-refractivity contribution in [2.24, 2.45) is 0 Å². The summed E-state index contributed by atoms with van der Waals surface area (Å²) in [6.45, 7) is 2.15. The lowest BCUT2D eigenvalue weighted by atomic mass is 9.90. The smallest absolute Gasteiger partial charge is 0.305 e. The average Bonchev–Trinajstić information content (AvgIpc) is 3.33.